The van der Waals surface area contributed by atoms with Crippen molar-refractivity contribution in [2.75, 3.05) is 33.3 Å². The van der Waals surface area contributed by atoms with Crippen molar-refractivity contribution in [3.05, 3.63) is 35.9 Å². The first kappa shape index (κ1) is 19.5. The van der Waals surface area contributed by atoms with Crippen molar-refractivity contribution in [1.29, 1.82) is 0 Å². The summed E-state index contributed by atoms with van der Waals surface area (Å²) in [6.45, 7) is 6.27. The number of hydrogen-bond acceptors (Lipinski definition) is 2. The molecule has 24 heavy (non-hydrogen) atoms. The van der Waals surface area contributed by atoms with Gasteiger partial charge in [-0.2, -0.15) is 0 Å². The maximum absolute atomic E-state index is 5.70. The predicted molar refractivity (Wildman–Crippen MR) is 110 cm³/mol. The third-order valence-electron chi connectivity index (χ3n) is 5.16. The van der Waals surface area contributed by atoms with E-state index in [2.05, 4.69) is 52.5 Å². The molecule has 3 unspecified atom stereocenters. The van der Waals surface area contributed by atoms with Gasteiger partial charge in [-0.15, -0.1) is 24.0 Å². The van der Waals surface area contributed by atoms with Gasteiger partial charge >= 0.3 is 0 Å². The maximum atomic E-state index is 5.70. The molecule has 2 aliphatic heterocycles. The Kier molecular flexibility index (Phi) is 7.81. The van der Waals surface area contributed by atoms with Crippen molar-refractivity contribution in [2.45, 2.75) is 38.2 Å². The van der Waals surface area contributed by atoms with Crippen LogP contribution in [0.2, 0.25) is 0 Å². The lowest BCUT2D eigenvalue weighted by Crippen LogP contribution is -2.49. The zero-order chi connectivity index (χ0) is 16.1. The van der Waals surface area contributed by atoms with Crippen LogP contribution >= 0.6 is 24.0 Å². The van der Waals surface area contributed by atoms with Crippen molar-refractivity contribution >= 4 is 29.9 Å². The number of halogens is 1. The monoisotopic (exact) mass is 443 g/mol. The summed E-state index contributed by atoms with van der Waals surface area (Å²) < 4.78 is 5.70. The molecule has 1 N–H and O–H groups in total. The molecule has 3 atom stereocenters. The summed E-state index contributed by atoms with van der Waals surface area (Å²) in [7, 11) is 1.88. The van der Waals surface area contributed by atoms with Crippen molar-refractivity contribution in [3.8, 4) is 0 Å². The number of benzene rings is 1. The lowest BCUT2D eigenvalue weighted by molar-refractivity contribution is 0.112. The van der Waals surface area contributed by atoms with Crippen LogP contribution in [0.3, 0.4) is 0 Å². The van der Waals surface area contributed by atoms with Crippen molar-refractivity contribution < 1.29 is 4.74 Å². The van der Waals surface area contributed by atoms with Crippen molar-refractivity contribution in [1.82, 2.24) is 10.2 Å². The number of rotatable bonds is 3. The lowest BCUT2D eigenvalue weighted by atomic mass is 9.82. The highest BCUT2D eigenvalue weighted by atomic mass is 127. The van der Waals surface area contributed by atoms with Gasteiger partial charge in [0.25, 0.3) is 0 Å². The summed E-state index contributed by atoms with van der Waals surface area (Å²) >= 11 is 0. The molecule has 1 aromatic carbocycles. The highest BCUT2D eigenvalue weighted by Gasteiger charge is 2.29. The van der Waals surface area contributed by atoms with E-state index in [9.17, 15) is 0 Å². The SMILES string of the molecule is CN=C(NCC1CCCO1)N1CCC(c2ccccc2)C(C)C1.I. The summed E-state index contributed by atoms with van der Waals surface area (Å²) in [6.07, 6.45) is 3.89. The van der Waals surface area contributed by atoms with Gasteiger partial charge < -0.3 is 15.0 Å². The molecular formula is C19H30IN3O. The van der Waals surface area contributed by atoms with E-state index in [1.807, 2.05) is 7.05 Å². The Bertz CT molecular complexity index is 517. The lowest BCUT2D eigenvalue weighted by Gasteiger charge is -2.39. The van der Waals surface area contributed by atoms with Crippen LogP contribution in [0.4, 0.5) is 0 Å². The number of hydrogen-bond donors (Lipinski definition) is 1. The fraction of sp³-hybridized carbons (Fsp3) is 0.632. The second-order valence-electron chi connectivity index (χ2n) is 6.79. The second-order valence-corrected chi connectivity index (χ2v) is 6.79. The predicted octanol–water partition coefficient (Wildman–Crippen LogP) is 3.48. The van der Waals surface area contributed by atoms with E-state index < -0.39 is 0 Å². The first-order valence-electron chi connectivity index (χ1n) is 8.90. The van der Waals surface area contributed by atoms with Crippen LogP contribution < -0.4 is 5.32 Å². The minimum absolute atomic E-state index is 0. The van der Waals surface area contributed by atoms with Crippen LogP contribution in [0.15, 0.2) is 35.3 Å². The zero-order valence-corrected chi connectivity index (χ0v) is 17.1. The molecule has 0 aliphatic carbocycles. The number of likely N-dealkylation sites (tertiary alicyclic amines) is 1. The molecule has 5 heteroatoms. The quantitative estimate of drug-likeness (QED) is 0.442. The molecule has 2 heterocycles. The highest BCUT2D eigenvalue weighted by molar-refractivity contribution is 14.0. The van der Waals surface area contributed by atoms with Gasteiger partial charge in [-0.3, -0.25) is 4.99 Å². The number of guanidine groups is 1. The first-order chi connectivity index (χ1) is 11.3. The average Bonchev–Trinajstić information content (AvgIpc) is 3.10. The number of piperidine rings is 1. The normalized spacial score (nSPS) is 27.7. The van der Waals surface area contributed by atoms with E-state index in [0.717, 1.165) is 38.6 Å². The number of nitrogens with one attached hydrogen (secondary N) is 1. The van der Waals surface area contributed by atoms with Crippen LogP contribution in [-0.4, -0.2) is 50.3 Å². The Morgan fingerprint density at radius 3 is 2.71 bits per heavy atom. The fourth-order valence-corrected chi connectivity index (χ4v) is 3.88. The molecule has 2 fully saturated rings. The average molecular weight is 443 g/mol. The second kappa shape index (κ2) is 9.61. The van der Waals surface area contributed by atoms with Gasteiger partial charge in [0.15, 0.2) is 5.96 Å². The molecule has 2 aliphatic rings. The molecule has 134 valence electrons. The summed E-state index contributed by atoms with van der Waals surface area (Å²) in [5.41, 5.74) is 1.47. The molecule has 2 saturated heterocycles. The van der Waals surface area contributed by atoms with Gasteiger partial charge in [-0.05, 0) is 36.7 Å². The molecule has 4 nitrogen and oxygen atoms in total. The number of aliphatic imine (C=N–C) groups is 1. The number of ether oxygens (including phenoxy) is 1. The van der Waals surface area contributed by atoms with Gasteiger partial charge in [0.1, 0.15) is 0 Å². The zero-order valence-electron chi connectivity index (χ0n) is 14.8. The first-order valence-corrected chi connectivity index (χ1v) is 8.90. The summed E-state index contributed by atoms with van der Waals surface area (Å²) in [4.78, 5) is 6.88. The molecule has 3 rings (SSSR count). The molecule has 0 aromatic heterocycles. The van der Waals surface area contributed by atoms with E-state index >= 15 is 0 Å². The molecule has 0 spiro atoms. The standard InChI is InChI=1S/C19H29N3O.HI/c1-15-14-22(11-10-18(15)16-7-4-3-5-8-16)19(20-2)21-13-17-9-6-12-23-17;/h3-5,7-8,15,17-18H,6,9-14H2,1-2H3,(H,20,21);1H. The molecule has 0 saturated carbocycles. The molecule has 1 aromatic rings. The third-order valence-corrected chi connectivity index (χ3v) is 5.16. The highest BCUT2D eigenvalue weighted by Crippen LogP contribution is 2.32. The van der Waals surface area contributed by atoms with Crippen LogP contribution in [0.5, 0.6) is 0 Å². The Morgan fingerprint density at radius 2 is 2.08 bits per heavy atom. The van der Waals surface area contributed by atoms with Gasteiger partial charge in [-0.1, -0.05) is 37.3 Å². The maximum Gasteiger partial charge on any atom is 0.193 e. The summed E-state index contributed by atoms with van der Waals surface area (Å²) in [5.74, 6) is 2.31. The summed E-state index contributed by atoms with van der Waals surface area (Å²) in [6, 6.07) is 10.9. The summed E-state index contributed by atoms with van der Waals surface area (Å²) in [5, 5.41) is 3.51. The van der Waals surface area contributed by atoms with Gasteiger partial charge in [0, 0.05) is 33.3 Å². The number of nitrogens with zero attached hydrogens (tertiary/aromatic N) is 2. The Hall–Kier alpha value is -0.820. The topological polar surface area (TPSA) is 36.9 Å². The Morgan fingerprint density at radius 1 is 1.29 bits per heavy atom. The van der Waals surface area contributed by atoms with Crippen LogP contribution in [-0.2, 0) is 4.74 Å². The van der Waals surface area contributed by atoms with E-state index in [4.69, 9.17) is 4.74 Å². The van der Waals surface area contributed by atoms with Crippen LogP contribution in [0.1, 0.15) is 37.7 Å². The molecule has 0 amide bonds. The Labute approximate surface area is 163 Å². The minimum atomic E-state index is 0. The Balaban J connectivity index is 0.00000208. The largest absolute Gasteiger partial charge is 0.376 e. The van der Waals surface area contributed by atoms with Gasteiger partial charge in [-0.25, -0.2) is 0 Å². The minimum Gasteiger partial charge on any atom is -0.376 e. The van der Waals surface area contributed by atoms with E-state index in [0.29, 0.717) is 17.9 Å². The molecule has 0 bridgehead atoms. The van der Waals surface area contributed by atoms with Crippen LogP contribution in [0.25, 0.3) is 0 Å². The van der Waals surface area contributed by atoms with E-state index in [1.54, 1.807) is 0 Å². The van der Waals surface area contributed by atoms with E-state index in [-0.39, 0.29) is 24.0 Å². The molecular weight excluding hydrogens is 413 g/mol. The third kappa shape index (κ3) is 4.85. The van der Waals surface area contributed by atoms with Crippen molar-refractivity contribution in [2.24, 2.45) is 10.9 Å². The molecule has 0 radical (unpaired) electrons. The van der Waals surface area contributed by atoms with Gasteiger partial charge in [0.2, 0.25) is 0 Å². The fourth-order valence-electron chi connectivity index (χ4n) is 3.88. The van der Waals surface area contributed by atoms with Crippen molar-refractivity contribution in [3.63, 3.8) is 0 Å². The van der Waals surface area contributed by atoms with E-state index in [1.165, 1.54) is 18.4 Å². The van der Waals surface area contributed by atoms with Gasteiger partial charge in [0.05, 0.1) is 6.10 Å². The smallest absolute Gasteiger partial charge is 0.193 e. The van der Waals surface area contributed by atoms with Crippen LogP contribution in [0, 0.1) is 5.92 Å².